The number of ether oxygens (including phenoxy) is 1. The quantitative estimate of drug-likeness (QED) is 0.814. The Morgan fingerprint density at radius 1 is 1.25 bits per heavy atom. The van der Waals surface area contributed by atoms with Crippen molar-refractivity contribution in [1.29, 1.82) is 0 Å². The molecule has 2 atom stereocenters. The van der Waals surface area contributed by atoms with Gasteiger partial charge in [-0.15, -0.1) is 0 Å². The number of aliphatic hydroxyl groups is 1. The Labute approximate surface area is 123 Å². The molecule has 1 aliphatic carbocycles. The molecule has 0 aliphatic heterocycles. The molecule has 0 amide bonds. The second-order valence-electron chi connectivity index (χ2n) is 6.22. The third kappa shape index (κ3) is 4.24. The Bertz CT molecular complexity index is 396. The summed E-state index contributed by atoms with van der Waals surface area (Å²) in [5, 5.41) is 10.3. The fourth-order valence-corrected chi connectivity index (χ4v) is 2.91. The number of aliphatic hydroxyl groups excluding tert-OH is 1. The Morgan fingerprint density at radius 2 is 2.00 bits per heavy atom. The molecule has 1 aromatic rings. The van der Waals surface area contributed by atoms with Crippen molar-refractivity contribution in [3.8, 4) is 5.75 Å². The smallest absolute Gasteiger partial charge is 0.119 e. The summed E-state index contributed by atoms with van der Waals surface area (Å²) in [5.74, 6) is 1.89. The molecule has 1 fully saturated rings. The van der Waals surface area contributed by atoms with Crippen LogP contribution in [-0.4, -0.2) is 11.7 Å². The van der Waals surface area contributed by atoms with Gasteiger partial charge in [-0.2, -0.15) is 0 Å². The van der Waals surface area contributed by atoms with E-state index < -0.39 is 6.10 Å². The minimum absolute atomic E-state index is 0.281. The second-order valence-corrected chi connectivity index (χ2v) is 6.22. The fourth-order valence-electron chi connectivity index (χ4n) is 2.91. The van der Waals surface area contributed by atoms with Crippen LogP contribution in [0.25, 0.3) is 0 Å². The molecule has 2 heteroatoms. The minimum atomic E-state index is -0.391. The van der Waals surface area contributed by atoms with Gasteiger partial charge in [0, 0.05) is 0 Å². The van der Waals surface area contributed by atoms with Gasteiger partial charge >= 0.3 is 0 Å². The lowest BCUT2D eigenvalue weighted by molar-refractivity contribution is 0.115. The highest BCUT2D eigenvalue weighted by molar-refractivity contribution is 5.30. The van der Waals surface area contributed by atoms with Crippen LogP contribution < -0.4 is 4.74 Å². The van der Waals surface area contributed by atoms with E-state index in [9.17, 15) is 5.11 Å². The largest absolute Gasteiger partial charge is 0.493 e. The number of hydrogen-bond donors (Lipinski definition) is 1. The van der Waals surface area contributed by atoms with Gasteiger partial charge in [-0.05, 0) is 42.4 Å². The van der Waals surface area contributed by atoms with E-state index in [4.69, 9.17) is 4.74 Å². The van der Waals surface area contributed by atoms with Gasteiger partial charge < -0.3 is 9.84 Å². The highest BCUT2D eigenvalue weighted by Crippen LogP contribution is 2.28. The predicted molar refractivity (Wildman–Crippen MR) is 82.9 cm³/mol. The fraction of sp³-hybridized carbons (Fsp3) is 0.667. The van der Waals surface area contributed by atoms with E-state index in [2.05, 4.69) is 13.8 Å². The van der Waals surface area contributed by atoms with Crippen LogP contribution in [-0.2, 0) is 0 Å². The maximum atomic E-state index is 10.3. The maximum Gasteiger partial charge on any atom is 0.119 e. The van der Waals surface area contributed by atoms with E-state index in [1.54, 1.807) is 0 Å². The first-order valence-corrected chi connectivity index (χ1v) is 8.11. The molecule has 1 N–H and O–H groups in total. The Balaban J connectivity index is 1.91. The summed E-state index contributed by atoms with van der Waals surface area (Å²) >= 11 is 0. The summed E-state index contributed by atoms with van der Waals surface area (Å²) in [6.07, 6.45) is 7.27. The Hall–Kier alpha value is -1.02. The van der Waals surface area contributed by atoms with Gasteiger partial charge in [0.2, 0.25) is 0 Å². The van der Waals surface area contributed by atoms with Crippen molar-refractivity contribution in [2.75, 3.05) is 6.61 Å². The molecule has 0 spiro atoms. The molecule has 1 aliphatic rings. The van der Waals surface area contributed by atoms with Crippen LogP contribution in [0.1, 0.15) is 64.0 Å². The summed E-state index contributed by atoms with van der Waals surface area (Å²) in [6, 6.07) is 7.97. The van der Waals surface area contributed by atoms with Crippen LogP contribution in [0.4, 0.5) is 0 Å². The van der Waals surface area contributed by atoms with E-state index in [1.807, 2.05) is 24.3 Å². The van der Waals surface area contributed by atoms with Crippen molar-refractivity contribution in [2.45, 2.75) is 58.5 Å². The van der Waals surface area contributed by atoms with Crippen LogP contribution in [0.5, 0.6) is 5.75 Å². The van der Waals surface area contributed by atoms with Crippen LogP contribution in [0.3, 0.4) is 0 Å². The average Bonchev–Trinajstić information content (AvgIpc) is 2.52. The number of rotatable bonds is 6. The Morgan fingerprint density at radius 3 is 2.70 bits per heavy atom. The zero-order chi connectivity index (χ0) is 14.4. The van der Waals surface area contributed by atoms with Crippen LogP contribution >= 0.6 is 0 Å². The molecule has 1 aromatic carbocycles. The minimum Gasteiger partial charge on any atom is -0.493 e. The summed E-state index contributed by atoms with van der Waals surface area (Å²) in [6.45, 7) is 5.01. The lowest BCUT2D eigenvalue weighted by Gasteiger charge is -2.22. The number of hydrogen-bond acceptors (Lipinski definition) is 2. The molecule has 0 radical (unpaired) electrons. The highest BCUT2D eigenvalue weighted by atomic mass is 16.5. The van der Waals surface area contributed by atoms with Gasteiger partial charge in [0.1, 0.15) is 5.75 Å². The molecule has 2 nitrogen and oxygen atoms in total. The van der Waals surface area contributed by atoms with Gasteiger partial charge in [0.05, 0.1) is 12.7 Å². The molecule has 2 rings (SSSR count). The van der Waals surface area contributed by atoms with Gasteiger partial charge in [-0.25, -0.2) is 0 Å². The zero-order valence-electron chi connectivity index (χ0n) is 12.8. The third-order valence-corrected chi connectivity index (χ3v) is 4.59. The van der Waals surface area contributed by atoms with Gasteiger partial charge in [0.15, 0.2) is 0 Å². The number of benzene rings is 1. The predicted octanol–water partition coefficient (Wildman–Crippen LogP) is 4.73. The molecule has 20 heavy (non-hydrogen) atoms. The van der Waals surface area contributed by atoms with E-state index >= 15 is 0 Å². The monoisotopic (exact) mass is 276 g/mol. The summed E-state index contributed by atoms with van der Waals surface area (Å²) < 4.78 is 5.94. The van der Waals surface area contributed by atoms with Crippen molar-refractivity contribution in [1.82, 2.24) is 0 Å². The maximum absolute atomic E-state index is 10.3. The van der Waals surface area contributed by atoms with Crippen molar-refractivity contribution in [3.05, 3.63) is 29.8 Å². The summed E-state index contributed by atoms with van der Waals surface area (Å²) in [7, 11) is 0. The van der Waals surface area contributed by atoms with Crippen molar-refractivity contribution in [3.63, 3.8) is 0 Å². The van der Waals surface area contributed by atoms with Gasteiger partial charge in [0.25, 0.3) is 0 Å². The van der Waals surface area contributed by atoms with E-state index in [1.165, 1.54) is 32.1 Å². The molecular weight excluding hydrogens is 248 g/mol. The summed E-state index contributed by atoms with van der Waals surface area (Å²) in [5.41, 5.74) is 0.973. The average molecular weight is 276 g/mol. The zero-order valence-corrected chi connectivity index (χ0v) is 12.8. The van der Waals surface area contributed by atoms with Crippen molar-refractivity contribution >= 4 is 0 Å². The molecular formula is C18H28O2. The van der Waals surface area contributed by atoms with E-state index in [0.29, 0.717) is 5.92 Å². The third-order valence-electron chi connectivity index (χ3n) is 4.59. The first kappa shape index (κ1) is 15.4. The molecule has 0 bridgehead atoms. The molecule has 0 heterocycles. The van der Waals surface area contributed by atoms with Gasteiger partial charge in [-0.3, -0.25) is 0 Å². The first-order chi connectivity index (χ1) is 9.70. The molecule has 1 unspecified atom stereocenters. The van der Waals surface area contributed by atoms with Crippen molar-refractivity contribution < 1.29 is 9.84 Å². The first-order valence-electron chi connectivity index (χ1n) is 8.11. The SMILES string of the molecule is CC[C@H](C)C(O)c1cccc(OCC2CCCCC2)c1. The summed E-state index contributed by atoms with van der Waals surface area (Å²) in [4.78, 5) is 0. The topological polar surface area (TPSA) is 29.5 Å². The van der Waals surface area contributed by atoms with E-state index in [-0.39, 0.29) is 5.92 Å². The van der Waals surface area contributed by atoms with Crippen molar-refractivity contribution in [2.24, 2.45) is 11.8 Å². The van der Waals surface area contributed by atoms with Gasteiger partial charge in [-0.1, -0.05) is 51.7 Å². The molecule has 1 saturated carbocycles. The Kier molecular flexibility index (Phi) is 5.90. The molecule has 112 valence electrons. The van der Waals surface area contributed by atoms with Crippen LogP contribution in [0, 0.1) is 11.8 Å². The second kappa shape index (κ2) is 7.68. The van der Waals surface area contributed by atoms with E-state index in [0.717, 1.165) is 24.3 Å². The molecule has 0 saturated heterocycles. The highest BCUT2D eigenvalue weighted by Gasteiger charge is 2.16. The van der Waals surface area contributed by atoms with Crippen LogP contribution in [0.15, 0.2) is 24.3 Å². The normalized spacial score (nSPS) is 19.6. The molecule has 0 aromatic heterocycles. The van der Waals surface area contributed by atoms with Crippen LogP contribution in [0.2, 0.25) is 0 Å². The standard InChI is InChI=1S/C18H28O2/c1-3-14(2)18(19)16-10-7-11-17(12-16)20-13-15-8-5-4-6-9-15/h7,10-12,14-15,18-19H,3-6,8-9,13H2,1-2H3/t14-,18?/m0/s1. The lowest BCUT2D eigenvalue weighted by atomic mass is 9.90. The lowest BCUT2D eigenvalue weighted by Crippen LogP contribution is -2.15.